The molecule has 24 heavy (non-hydrogen) atoms. The summed E-state index contributed by atoms with van der Waals surface area (Å²) >= 11 is 6.95. The molecule has 2 amide bonds. The van der Waals surface area contributed by atoms with Gasteiger partial charge in [-0.2, -0.15) is 0 Å². The lowest BCUT2D eigenvalue weighted by Crippen LogP contribution is -2.41. The van der Waals surface area contributed by atoms with Crippen molar-refractivity contribution in [3.05, 3.63) is 70.1 Å². The van der Waals surface area contributed by atoms with Crippen molar-refractivity contribution in [3.8, 4) is 10.4 Å². The maximum Gasteiger partial charge on any atom is 0.286 e. The first-order valence-corrected chi connectivity index (χ1v) is 8.03. The van der Waals surface area contributed by atoms with Gasteiger partial charge in [0.25, 0.3) is 11.8 Å². The van der Waals surface area contributed by atoms with E-state index >= 15 is 0 Å². The monoisotopic (exact) mass is 363 g/mol. The zero-order valence-electron chi connectivity index (χ0n) is 12.1. The highest BCUT2D eigenvalue weighted by molar-refractivity contribution is 7.17. The van der Waals surface area contributed by atoms with Crippen LogP contribution in [0.4, 0.5) is 4.39 Å². The van der Waals surface area contributed by atoms with E-state index in [2.05, 4.69) is 15.8 Å². The van der Waals surface area contributed by atoms with Crippen LogP contribution < -0.4 is 10.9 Å². The van der Waals surface area contributed by atoms with Crippen LogP contribution in [0.15, 0.2) is 48.7 Å². The Morgan fingerprint density at radius 3 is 2.42 bits per heavy atom. The van der Waals surface area contributed by atoms with Gasteiger partial charge in [0.2, 0.25) is 0 Å². The zero-order chi connectivity index (χ0) is 17.1. The Balaban J connectivity index is 1.63. The lowest BCUT2D eigenvalue weighted by molar-refractivity contribution is 0.0846. The van der Waals surface area contributed by atoms with Crippen molar-refractivity contribution in [1.29, 1.82) is 0 Å². The minimum atomic E-state index is -0.509. The number of carbonyl (C=O) groups is 2. The van der Waals surface area contributed by atoms with E-state index in [0.29, 0.717) is 9.90 Å². The molecule has 0 fully saturated rings. The van der Waals surface area contributed by atoms with Gasteiger partial charge in [-0.1, -0.05) is 23.7 Å². The third kappa shape index (κ3) is 3.64. The number of aromatic amines is 1. The van der Waals surface area contributed by atoms with Gasteiger partial charge in [0.05, 0.1) is 9.90 Å². The first-order chi connectivity index (χ1) is 11.5. The minimum Gasteiger partial charge on any atom is -0.356 e. The molecule has 0 aliphatic carbocycles. The molecule has 5 nitrogen and oxygen atoms in total. The molecule has 1 aromatic carbocycles. The van der Waals surface area contributed by atoms with Crippen molar-refractivity contribution in [3.63, 3.8) is 0 Å². The van der Waals surface area contributed by atoms with Crippen molar-refractivity contribution in [2.75, 3.05) is 0 Å². The van der Waals surface area contributed by atoms with E-state index in [1.54, 1.807) is 24.3 Å². The Morgan fingerprint density at radius 1 is 1.04 bits per heavy atom. The van der Waals surface area contributed by atoms with Crippen LogP contribution in [0.5, 0.6) is 0 Å². The predicted molar refractivity (Wildman–Crippen MR) is 90.4 cm³/mol. The third-order valence-electron chi connectivity index (χ3n) is 3.14. The molecule has 0 saturated heterocycles. The molecular weight excluding hydrogens is 353 g/mol. The second kappa shape index (κ2) is 6.86. The van der Waals surface area contributed by atoms with E-state index in [1.807, 2.05) is 0 Å². The smallest absolute Gasteiger partial charge is 0.286 e. The first-order valence-electron chi connectivity index (χ1n) is 6.83. The molecule has 0 radical (unpaired) electrons. The fraction of sp³-hybridized carbons (Fsp3) is 0. The number of rotatable bonds is 3. The number of H-pyrrole nitrogens is 1. The molecule has 3 aromatic rings. The molecule has 0 saturated carbocycles. The summed E-state index contributed by atoms with van der Waals surface area (Å²) in [6.45, 7) is 0. The molecule has 2 heterocycles. The summed E-state index contributed by atoms with van der Waals surface area (Å²) in [5.74, 6) is -1.27. The molecule has 122 valence electrons. The topological polar surface area (TPSA) is 74.0 Å². The van der Waals surface area contributed by atoms with Crippen LogP contribution in [-0.4, -0.2) is 16.8 Å². The van der Waals surface area contributed by atoms with Crippen LogP contribution in [0, 0.1) is 5.82 Å². The summed E-state index contributed by atoms with van der Waals surface area (Å²) in [7, 11) is 0. The zero-order valence-corrected chi connectivity index (χ0v) is 13.7. The van der Waals surface area contributed by atoms with E-state index in [1.165, 1.54) is 35.7 Å². The average molecular weight is 364 g/mol. The van der Waals surface area contributed by atoms with Gasteiger partial charge in [0.15, 0.2) is 0 Å². The average Bonchev–Trinajstić information content (AvgIpc) is 3.22. The molecule has 3 N–H and O–H groups in total. The molecule has 0 spiro atoms. The normalized spacial score (nSPS) is 10.4. The van der Waals surface area contributed by atoms with Crippen LogP contribution in [-0.2, 0) is 0 Å². The van der Waals surface area contributed by atoms with Gasteiger partial charge in [-0.25, -0.2) is 4.39 Å². The number of carbonyl (C=O) groups excluding carboxylic acids is 2. The molecule has 0 unspecified atom stereocenters. The summed E-state index contributed by atoms with van der Waals surface area (Å²) in [5.41, 5.74) is 5.67. The molecule has 0 bridgehead atoms. The highest BCUT2D eigenvalue weighted by Crippen LogP contribution is 2.28. The Labute approximate surface area is 145 Å². The Kier molecular flexibility index (Phi) is 4.64. The Bertz CT molecular complexity index is 889. The van der Waals surface area contributed by atoms with Crippen LogP contribution in [0.25, 0.3) is 10.4 Å². The van der Waals surface area contributed by atoms with Crippen molar-refractivity contribution in [1.82, 2.24) is 15.8 Å². The van der Waals surface area contributed by atoms with Gasteiger partial charge in [-0.3, -0.25) is 20.4 Å². The second-order valence-electron chi connectivity index (χ2n) is 4.81. The number of amides is 2. The van der Waals surface area contributed by atoms with Crippen LogP contribution in [0.2, 0.25) is 5.02 Å². The van der Waals surface area contributed by atoms with Crippen molar-refractivity contribution >= 4 is 34.8 Å². The van der Waals surface area contributed by atoms with Crippen molar-refractivity contribution in [2.45, 2.75) is 0 Å². The van der Waals surface area contributed by atoms with E-state index in [-0.39, 0.29) is 11.5 Å². The summed E-state index contributed by atoms with van der Waals surface area (Å²) in [5, 5.41) is 0.397. The van der Waals surface area contributed by atoms with E-state index < -0.39 is 11.8 Å². The molecular formula is C16H11ClFN3O2S. The number of thiophene rings is 1. The van der Waals surface area contributed by atoms with Gasteiger partial charge in [0.1, 0.15) is 11.5 Å². The third-order valence-corrected chi connectivity index (χ3v) is 4.49. The van der Waals surface area contributed by atoms with Gasteiger partial charge in [-0.15, -0.1) is 11.3 Å². The minimum absolute atomic E-state index is 0.235. The number of halogens is 2. The van der Waals surface area contributed by atoms with E-state index in [0.717, 1.165) is 10.4 Å². The lowest BCUT2D eigenvalue weighted by Gasteiger charge is -2.04. The summed E-state index contributed by atoms with van der Waals surface area (Å²) in [6.07, 6.45) is 1.46. The quantitative estimate of drug-likeness (QED) is 0.622. The maximum absolute atomic E-state index is 12.9. The largest absolute Gasteiger partial charge is 0.356 e. The van der Waals surface area contributed by atoms with Crippen molar-refractivity contribution in [2.24, 2.45) is 0 Å². The number of nitrogens with one attached hydrogen (secondary N) is 3. The van der Waals surface area contributed by atoms with Gasteiger partial charge in [-0.05, 0) is 35.9 Å². The highest BCUT2D eigenvalue weighted by Gasteiger charge is 2.13. The first kappa shape index (κ1) is 16.2. The number of hydrogen-bond donors (Lipinski definition) is 3. The summed E-state index contributed by atoms with van der Waals surface area (Å²) in [4.78, 5) is 27.8. The Morgan fingerprint density at radius 2 is 1.75 bits per heavy atom. The van der Waals surface area contributed by atoms with E-state index in [9.17, 15) is 14.0 Å². The van der Waals surface area contributed by atoms with Crippen LogP contribution in [0.3, 0.4) is 0 Å². The molecule has 3 rings (SSSR count). The molecule has 0 aliphatic heterocycles. The van der Waals surface area contributed by atoms with Gasteiger partial charge in [0, 0.05) is 11.1 Å². The number of hydrogen-bond acceptors (Lipinski definition) is 3. The second-order valence-corrected chi connectivity index (χ2v) is 6.33. The van der Waals surface area contributed by atoms with E-state index in [4.69, 9.17) is 11.6 Å². The van der Waals surface area contributed by atoms with Crippen LogP contribution >= 0.6 is 22.9 Å². The van der Waals surface area contributed by atoms with Crippen molar-refractivity contribution < 1.29 is 14.0 Å². The molecule has 0 atom stereocenters. The maximum atomic E-state index is 12.9. The number of benzene rings is 1. The number of hydrazine groups is 1. The standard InChI is InChI=1S/C16H11ClFN3O2S/c17-10-7-12(19-8-10)15(22)20-21-16(23)14-6-5-13(24-14)9-1-3-11(18)4-2-9/h1-8,19H,(H,20,22)(H,21,23). The van der Waals surface area contributed by atoms with Gasteiger partial charge >= 0.3 is 0 Å². The summed E-state index contributed by atoms with van der Waals surface area (Å²) < 4.78 is 12.9. The highest BCUT2D eigenvalue weighted by atomic mass is 35.5. The lowest BCUT2D eigenvalue weighted by atomic mass is 10.2. The molecule has 2 aromatic heterocycles. The fourth-order valence-electron chi connectivity index (χ4n) is 1.97. The van der Waals surface area contributed by atoms with Crippen LogP contribution in [0.1, 0.15) is 20.2 Å². The summed E-state index contributed by atoms with van der Waals surface area (Å²) in [6, 6.07) is 10.8. The van der Waals surface area contributed by atoms with Gasteiger partial charge < -0.3 is 4.98 Å². The number of aromatic nitrogens is 1. The Hall–Kier alpha value is -2.64. The SMILES string of the molecule is O=C(NNC(=O)c1ccc(-c2ccc(F)cc2)s1)c1cc(Cl)c[nH]1. The predicted octanol–water partition coefficient (Wildman–Crippen LogP) is 3.61. The molecule has 0 aliphatic rings. The molecule has 8 heteroatoms. The fourth-order valence-corrected chi connectivity index (χ4v) is 3.04.